The molecule has 0 atom stereocenters. The van der Waals surface area contributed by atoms with Crippen LogP contribution in [0.3, 0.4) is 0 Å². The van der Waals surface area contributed by atoms with Crippen molar-refractivity contribution in [2.75, 3.05) is 46.0 Å². The Morgan fingerprint density at radius 3 is 2.77 bits per heavy atom. The normalized spacial score (nSPS) is 14.2. The Kier molecular flexibility index (Phi) is 9.08. The Morgan fingerprint density at radius 1 is 1.23 bits per heavy atom. The van der Waals surface area contributed by atoms with Gasteiger partial charge in [0.2, 0.25) is 0 Å². The zero-order valence-electron chi connectivity index (χ0n) is 19.6. The summed E-state index contributed by atoms with van der Waals surface area (Å²) in [7, 11) is 0. The molecule has 10 heteroatoms. The van der Waals surface area contributed by atoms with Crippen LogP contribution in [-0.2, 0) is 4.74 Å². The van der Waals surface area contributed by atoms with E-state index < -0.39 is 0 Å². The lowest BCUT2D eigenvalue weighted by Crippen LogP contribution is -2.42. The minimum absolute atomic E-state index is 0.468. The maximum Gasteiger partial charge on any atom is 0.187 e. The van der Waals surface area contributed by atoms with E-state index in [1.54, 1.807) is 6.21 Å². The van der Waals surface area contributed by atoms with Crippen LogP contribution in [0.4, 0.5) is 0 Å². The third kappa shape index (κ3) is 7.02. The molecule has 2 heterocycles. The second-order valence-corrected chi connectivity index (χ2v) is 8.69. The van der Waals surface area contributed by atoms with Crippen LogP contribution < -0.4 is 15.5 Å². The van der Waals surface area contributed by atoms with E-state index in [2.05, 4.69) is 20.7 Å². The highest BCUT2D eigenvalue weighted by molar-refractivity contribution is 7.80. The Labute approximate surface area is 215 Å². The van der Waals surface area contributed by atoms with E-state index in [4.69, 9.17) is 38.4 Å². The molecule has 3 aromatic rings. The summed E-state index contributed by atoms with van der Waals surface area (Å²) in [6.07, 6.45) is 3.64. The van der Waals surface area contributed by atoms with Gasteiger partial charge in [0.25, 0.3) is 0 Å². The highest BCUT2D eigenvalue weighted by Gasteiger charge is 2.14. The van der Waals surface area contributed by atoms with Crippen molar-refractivity contribution < 1.29 is 9.47 Å². The standard InChI is InChI=1S/C25H29ClN6O2S/c1-2-34-23-9-8-19(16-22(23)26)24-20(18-32(30-24)21-6-4-3-5-7-21)17-28-29-25(35)27-10-11-31-12-14-33-15-13-31/h3-9,16-18H,2,10-15H2,1H3,(H2,27,29,35)/b28-17-. The Balaban J connectivity index is 1.46. The number of hydrogen-bond acceptors (Lipinski definition) is 6. The second kappa shape index (κ2) is 12.6. The first-order chi connectivity index (χ1) is 17.1. The molecule has 0 unspecified atom stereocenters. The number of thiocarbonyl (C=S) groups is 1. The lowest BCUT2D eigenvalue weighted by Gasteiger charge is -2.26. The van der Waals surface area contributed by atoms with Gasteiger partial charge in [0.15, 0.2) is 5.11 Å². The summed E-state index contributed by atoms with van der Waals surface area (Å²) in [5.41, 5.74) is 6.27. The summed E-state index contributed by atoms with van der Waals surface area (Å²) in [4.78, 5) is 2.34. The summed E-state index contributed by atoms with van der Waals surface area (Å²) in [5, 5.41) is 13.3. The Morgan fingerprint density at radius 2 is 2.03 bits per heavy atom. The molecule has 2 aromatic carbocycles. The highest BCUT2D eigenvalue weighted by atomic mass is 35.5. The van der Waals surface area contributed by atoms with Gasteiger partial charge in [-0.3, -0.25) is 10.3 Å². The first kappa shape index (κ1) is 25.1. The van der Waals surface area contributed by atoms with Crippen LogP contribution in [0.5, 0.6) is 5.75 Å². The largest absolute Gasteiger partial charge is 0.492 e. The zero-order chi connectivity index (χ0) is 24.5. The number of hydrogen-bond donors (Lipinski definition) is 2. The van der Waals surface area contributed by atoms with E-state index in [0.29, 0.717) is 22.5 Å². The quantitative estimate of drug-likeness (QED) is 0.257. The van der Waals surface area contributed by atoms with Crippen LogP contribution in [0.15, 0.2) is 59.8 Å². The molecule has 1 aliphatic heterocycles. The first-order valence-corrected chi connectivity index (χ1v) is 12.4. The second-order valence-electron chi connectivity index (χ2n) is 7.87. The number of nitrogens with zero attached hydrogens (tertiary/aromatic N) is 4. The molecule has 0 amide bonds. The van der Waals surface area contributed by atoms with Crippen LogP contribution >= 0.6 is 23.8 Å². The molecule has 0 saturated carbocycles. The molecule has 1 aromatic heterocycles. The van der Waals surface area contributed by atoms with Gasteiger partial charge in [0.05, 0.1) is 36.7 Å². The number of nitrogens with one attached hydrogen (secondary N) is 2. The average Bonchev–Trinajstić information content (AvgIpc) is 3.31. The van der Waals surface area contributed by atoms with Gasteiger partial charge in [0, 0.05) is 43.5 Å². The van der Waals surface area contributed by atoms with Gasteiger partial charge in [-0.1, -0.05) is 29.8 Å². The monoisotopic (exact) mass is 512 g/mol. The maximum atomic E-state index is 6.44. The number of aromatic nitrogens is 2. The van der Waals surface area contributed by atoms with Crippen molar-refractivity contribution in [2.45, 2.75) is 6.92 Å². The van der Waals surface area contributed by atoms with E-state index in [1.807, 2.05) is 66.3 Å². The molecule has 0 spiro atoms. The fourth-order valence-electron chi connectivity index (χ4n) is 3.69. The van der Waals surface area contributed by atoms with Gasteiger partial charge in [-0.2, -0.15) is 10.2 Å². The van der Waals surface area contributed by atoms with Crippen LogP contribution in [0.25, 0.3) is 16.9 Å². The number of hydrazone groups is 1. The van der Waals surface area contributed by atoms with Crippen molar-refractivity contribution in [1.82, 2.24) is 25.4 Å². The van der Waals surface area contributed by atoms with Crippen LogP contribution in [0, 0.1) is 0 Å². The summed E-state index contributed by atoms with van der Waals surface area (Å²) in [5.74, 6) is 0.644. The summed E-state index contributed by atoms with van der Waals surface area (Å²) < 4.78 is 12.8. The number of ether oxygens (including phenoxy) is 2. The van der Waals surface area contributed by atoms with Crippen LogP contribution in [0.1, 0.15) is 12.5 Å². The van der Waals surface area contributed by atoms with Gasteiger partial charge in [-0.25, -0.2) is 4.68 Å². The predicted octanol–water partition coefficient (Wildman–Crippen LogP) is 3.72. The molecule has 0 bridgehead atoms. The minimum Gasteiger partial charge on any atom is -0.492 e. The summed E-state index contributed by atoms with van der Waals surface area (Å²) in [6.45, 7) is 7.58. The van der Waals surface area contributed by atoms with Gasteiger partial charge < -0.3 is 14.8 Å². The molecule has 0 aliphatic carbocycles. The molecule has 0 radical (unpaired) electrons. The van der Waals surface area contributed by atoms with Crippen molar-refractivity contribution >= 4 is 35.1 Å². The van der Waals surface area contributed by atoms with Crippen molar-refractivity contribution in [3.63, 3.8) is 0 Å². The van der Waals surface area contributed by atoms with Crippen molar-refractivity contribution in [3.05, 3.63) is 65.3 Å². The molecule has 4 rings (SSSR count). The molecular weight excluding hydrogens is 484 g/mol. The highest BCUT2D eigenvalue weighted by Crippen LogP contribution is 2.31. The zero-order valence-corrected chi connectivity index (χ0v) is 21.2. The summed E-state index contributed by atoms with van der Waals surface area (Å²) in [6, 6.07) is 15.6. The Bertz CT molecular complexity index is 1150. The van der Waals surface area contributed by atoms with Gasteiger partial charge in [-0.15, -0.1) is 0 Å². The molecule has 35 heavy (non-hydrogen) atoms. The molecule has 1 saturated heterocycles. The van der Waals surface area contributed by atoms with E-state index in [9.17, 15) is 0 Å². The SMILES string of the molecule is CCOc1ccc(-c2nn(-c3ccccc3)cc2/C=N\NC(=S)NCCN2CCOCC2)cc1Cl. The third-order valence-corrected chi connectivity index (χ3v) is 5.99. The number of halogens is 1. The number of benzene rings is 2. The average molecular weight is 513 g/mol. The van der Waals surface area contributed by atoms with Crippen molar-refractivity contribution in [1.29, 1.82) is 0 Å². The van der Waals surface area contributed by atoms with Crippen molar-refractivity contribution in [3.8, 4) is 22.7 Å². The smallest absolute Gasteiger partial charge is 0.187 e. The molecular formula is C25H29ClN6O2S. The van der Waals surface area contributed by atoms with Crippen molar-refractivity contribution in [2.24, 2.45) is 5.10 Å². The lowest BCUT2D eigenvalue weighted by atomic mass is 10.1. The molecule has 184 valence electrons. The lowest BCUT2D eigenvalue weighted by molar-refractivity contribution is 0.0389. The predicted molar refractivity (Wildman–Crippen MR) is 144 cm³/mol. The minimum atomic E-state index is 0.468. The van der Waals surface area contributed by atoms with Gasteiger partial charge in [-0.05, 0) is 49.5 Å². The van der Waals surface area contributed by atoms with E-state index in [-0.39, 0.29) is 0 Å². The molecule has 1 aliphatic rings. The number of morpholine rings is 1. The first-order valence-electron chi connectivity index (χ1n) is 11.6. The van der Waals surface area contributed by atoms with Crippen LogP contribution in [-0.4, -0.2) is 72.0 Å². The molecule has 1 fully saturated rings. The van der Waals surface area contributed by atoms with Gasteiger partial charge >= 0.3 is 0 Å². The number of para-hydroxylation sites is 1. The molecule has 2 N–H and O–H groups in total. The third-order valence-electron chi connectivity index (χ3n) is 5.46. The van der Waals surface area contributed by atoms with Gasteiger partial charge in [0.1, 0.15) is 11.4 Å². The summed E-state index contributed by atoms with van der Waals surface area (Å²) >= 11 is 11.8. The fraction of sp³-hybridized carbons (Fsp3) is 0.320. The van der Waals surface area contributed by atoms with E-state index in [0.717, 1.165) is 61.9 Å². The Hall–Kier alpha value is -2.98. The topological polar surface area (TPSA) is 75.9 Å². The van der Waals surface area contributed by atoms with E-state index >= 15 is 0 Å². The number of rotatable bonds is 9. The molecule has 8 nitrogen and oxygen atoms in total. The maximum absolute atomic E-state index is 6.44. The van der Waals surface area contributed by atoms with E-state index in [1.165, 1.54) is 0 Å². The van der Waals surface area contributed by atoms with Crippen LogP contribution in [0.2, 0.25) is 5.02 Å². The fourth-order valence-corrected chi connectivity index (χ4v) is 4.08.